The van der Waals surface area contributed by atoms with E-state index >= 15 is 0 Å². The van der Waals surface area contributed by atoms with Crippen LogP contribution in [0.2, 0.25) is 0 Å². The van der Waals surface area contributed by atoms with E-state index in [1.54, 1.807) is 6.07 Å². The highest BCUT2D eigenvalue weighted by molar-refractivity contribution is 5.96. The zero-order valence-electron chi connectivity index (χ0n) is 17.1. The smallest absolute Gasteiger partial charge is 0.251 e. The van der Waals surface area contributed by atoms with Crippen LogP contribution in [0, 0.1) is 20.8 Å². The van der Waals surface area contributed by atoms with Gasteiger partial charge in [-0.2, -0.15) is 0 Å². The number of nitrogens with two attached hydrogens (primary N) is 1. The van der Waals surface area contributed by atoms with Crippen molar-refractivity contribution in [2.75, 3.05) is 25.2 Å². The number of carbonyl (C=O) groups excluding carboxylic acids is 1. The average molecular weight is 383 g/mol. The predicted molar refractivity (Wildman–Crippen MR) is 111 cm³/mol. The van der Waals surface area contributed by atoms with Gasteiger partial charge in [0.2, 0.25) is 5.91 Å². The highest BCUT2D eigenvalue weighted by Crippen LogP contribution is 2.32. The van der Waals surface area contributed by atoms with Crippen molar-refractivity contribution in [3.63, 3.8) is 0 Å². The van der Waals surface area contributed by atoms with Gasteiger partial charge in [-0.3, -0.25) is 9.59 Å². The second kappa shape index (κ2) is 8.19. The van der Waals surface area contributed by atoms with Crippen molar-refractivity contribution in [1.82, 2.24) is 4.98 Å². The molecule has 2 heterocycles. The number of rotatable bonds is 5. The van der Waals surface area contributed by atoms with Crippen molar-refractivity contribution in [3.05, 3.63) is 62.1 Å². The van der Waals surface area contributed by atoms with Crippen LogP contribution in [-0.2, 0) is 11.2 Å². The first kappa shape index (κ1) is 20.1. The van der Waals surface area contributed by atoms with Gasteiger partial charge in [0.15, 0.2) is 0 Å². The molecule has 0 bridgehead atoms. The summed E-state index contributed by atoms with van der Waals surface area (Å²) in [7, 11) is 2.05. The number of aryl methyl sites for hydroxylation is 2. The highest BCUT2D eigenvalue weighted by Gasteiger charge is 2.24. The predicted octanol–water partition coefficient (Wildman–Crippen LogP) is 2.61. The van der Waals surface area contributed by atoms with Crippen molar-refractivity contribution in [1.29, 1.82) is 0 Å². The maximum Gasteiger partial charge on any atom is 0.251 e. The number of primary amides is 1. The monoisotopic (exact) mass is 383 g/mol. The number of hydrogen-bond donors (Lipinski definition) is 2. The zero-order chi connectivity index (χ0) is 20.4. The van der Waals surface area contributed by atoms with Gasteiger partial charge in [-0.05, 0) is 62.4 Å². The van der Waals surface area contributed by atoms with Crippen molar-refractivity contribution in [2.24, 2.45) is 5.73 Å². The maximum absolute atomic E-state index is 12.5. The molecule has 0 aliphatic carbocycles. The SMILES string of the molecule is Cc1cc(C)c(Cc2ccc(C(N)=O)c(C)c2N(C)C2CCOCC2)c(=O)[nH]1. The van der Waals surface area contributed by atoms with Crippen LogP contribution in [0.25, 0.3) is 0 Å². The fraction of sp³-hybridized carbons (Fsp3) is 0.455. The number of nitrogens with zero attached hydrogens (tertiary/aromatic N) is 1. The summed E-state index contributed by atoms with van der Waals surface area (Å²) < 4.78 is 5.50. The summed E-state index contributed by atoms with van der Waals surface area (Å²) in [5.41, 5.74) is 11.5. The Balaban J connectivity index is 2.09. The molecule has 1 aliphatic heterocycles. The molecule has 6 nitrogen and oxygen atoms in total. The van der Waals surface area contributed by atoms with Crippen LogP contribution in [0.15, 0.2) is 23.0 Å². The molecule has 3 N–H and O–H groups in total. The van der Waals surface area contributed by atoms with Gasteiger partial charge in [0, 0.05) is 55.2 Å². The van der Waals surface area contributed by atoms with E-state index in [9.17, 15) is 9.59 Å². The number of benzene rings is 1. The Morgan fingerprint density at radius 1 is 1.25 bits per heavy atom. The number of pyridine rings is 1. The molecular weight excluding hydrogens is 354 g/mol. The molecule has 1 fully saturated rings. The molecule has 0 saturated carbocycles. The summed E-state index contributed by atoms with van der Waals surface area (Å²) in [6.07, 6.45) is 2.37. The molecule has 1 aromatic heterocycles. The molecule has 0 spiro atoms. The summed E-state index contributed by atoms with van der Waals surface area (Å²) in [6, 6.07) is 6.01. The van der Waals surface area contributed by atoms with Crippen LogP contribution in [0.3, 0.4) is 0 Å². The molecular formula is C22H29N3O3. The molecule has 150 valence electrons. The molecule has 1 amide bonds. The molecule has 3 rings (SSSR count). The van der Waals surface area contributed by atoms with Crippen LogP contribution in [0.4, 0.5) is 5.69 Å². The van der Waals surface area contributed by atoms with Crippen molar-refractivity contribution in [3.8, 4) is 0 Å². The first-order valence-corrected chi connectivity index (χ1v) is 9.71. The van der Waals surface area contributed by atoms with Crippen LogP contribution in [0.5, 0.6) is 0 Å². The van der Waals surface area contributed by atoms with Gasteiger partial charge in [-0.15, -0.1) is 0 Å². The minimum atomic E-state index is -0.435. The van der Waals surface area contributed by atoms with Gasteiger partial charge in [0.25, 0.3) is 5.56 Å². The molecule has 28 heavy (non-hydrogen) atoms. The van der Waals surface area contributed by atoms with Gasteiger partial charge in [0.1, 0.15) is 0 Å². The maximum atomic E-state index is 12.5. The largest absolute Gasteiger partial charge is 0.381 e. The number of amides is 1. The fourth-order valence-electron chi connectivity index (χ4n) is 4.20. The van der Waals surface area contributed by atoms with Crippen LogP contribution in [-0.4, -0.2) is 37.2 Å². The standard InChI is InChI=1S/C22H29N3O3/c1-13-11-14(2)24-22(27)19(13)12-16-5-6-18(21(23)26)15(3)20(16)25(4)17-7-9-28-10-8-17/h5-6,11,17H,7-10,12H2,1-4H3,(H2,23,26)(H,24,27). The molecule has 6 heteroatoms. The molecule has 2 aromatic rings. The Morgan fingerprint density at radius 2 is 1.93 bits per heavy atom. The van der Waals surface area contributed by atoms with Gasteiger partial charge >= 0.3 is 0 Å². The molecule has 1 aromatic carbocycles. The molecule has 1 aliphatic rings. The van der Waals surface area contributed by atoms with Gasteiger partial charge in [-0.1, -0.05) is 6.07 Å². The minimum Gasteiger partial charge on any atom is -0.381 e. The Kier molecular flexibility index (Phi) is 5.89. The van der Waals surface area contributed by atoms with E-state index in [2.05, 4.69) is 16.9 Å². The zero-order valence-corrected chi connectivity index (χ0v) is 17.1. The quantitative estimate of drug-likeness (QED) is 0.831. The summed E-state index contributed by atoms with van der Waals surface area (Å²) in [4.78, 5) is 29.6. The van der Waals surface area contributed by atoms with E-state index < -0.39 is 5.91 Å². The second-order valence-corrected chi connectivity index (χ2v) is 7.68. The third-order valence-corrected chi connectivity index (χ3v) is 5.73. The lowest BCUT2D eigenvalue weighted by molar-refractivity contribution is 0.0854. The number of ether oxygens (including phenoxy) is 1. The summed E-state index contributed by atoms with van der Waals surface area (Å²) >= 11 is 0. The third kappa shape index (κ3) is 3.97. The Morgan fingerprint density at radius 3 is 2.54 bits per heavy atom. The molecule has 0 atom stereocenters. The van der Waals surface area contributed by atoms with Crippen LogP contribution < -0.4 is 16.2 Å². The Bertz CT molecular complexity index is 943. The van der Waals surface area contributed by atoms with Crippen LogP contribution in [0.1, 0.15) is 51.1 Å². The molecule has 0 unspecified atom stereocenters. The fourth-order valence-corrected chi connectivity index (χ4v) is 4.20. The van der Waals surface area contributed by atoms with E-state index in [1.807, 2.05) is 32.9 Å². The first-order valence-electron chi connectivity index (χ1n) is 9.71. The van der Waals surface area contributed by atoms with Gasteiger partial charge in [0.05, 0.1) is 0 Å². The topological polar surface area (TPSA) is 88.4 Å². The number of carbonyl (C=O) groups is 1. The van der Waals surface area contributed by atoms with E-state index in [0.29, 0.717) is 18.0 Å². The normalized spacial score (nSPS) is 14.9. The second-order valence-electron chi connectivity index (χ2n) is 7.68. The molecule has 0 radical (unpaired) electrons. The van der Waals surface area contributed by atoms with Crippen molar-refractivity contribution in [2.45, 2.75) is 46.1 Å². The summed E-state index contributed by atoms with van der Waals surface area (Å²) in [5.74, 6) is -0.435. The first-order chi connectivity index (χ1) is 13.3. The number of aromatic amines is 1. The number of H-pyrrole nitrogens is 1. The van der Waals surface area contributed by atoms with Gasteiger partial charge in [-0.25, -0.2) is 0 Å². The van der Waals surface area contributed by atoms with E-state index in [-0.39, 0.29) is 5.56 Å². The van der Waals surface area contributed by atoms with Gasteiger partial charge < -0.3 is 20.4 Å². The Labute approximate surface area is 165 Å². The number of nitrogens with one attached hydrogen (secondary N) is 1. The summed E-state index contributed by atoms with van der Waals surface area (Å²) in [5, 5.41) is 0. The Hall–Kier alpha value is -2.60. The van der Waals surface area contributed by atoms with E-state index in [4.69, 9.17) is 10.5 Å². The number of anilines is 1. The lowest BCUT2D eigenvalue weighted by Gasteiger charge is -2.35. The number of hydrogen-bond acceptors (Lipinski definition) is 4. The lowest BCUT2D eigenvalue weighted by Crippen LogP contribution is -2.38. The average Bonchev–Trinajstić information content (AvgIpc) is 2.64. The van der Waals surface area contributed by atoms with Crippen molar-refractivity contribution < 1.29 is 9.53 Å². The third-order valence-electron chi connectivity index (χ3n) is 5.73. The summed E-state index contributed by atoms with van der Waals surface area (Å²) in [6.45, 7) is 7.24. The lowest BCUT2D eigenvalue weighted by atomic mass is 9.93. The van der Waals surface area contributed by atoms with E-state index in [1.165, 1.54) is 0 Å². The van der Waals surface area contributed by atoms with Crippen molar-refractivity contribution >= 4 is 11.6 Å². The van der Waals surface area contributed by atoms with Crippen LogP contribution >= 0.6 is 0 Å². The minimum absolute atomic E-state index is 0.0613. The highest BCUT2D eigenvalue weighted by atomic mass is 16.5. The molecule has 1 saturated heterocycles. The van der Waals surface area contributed by atoms with E-state index in [0.717, 1.165) is 59.7 Å². The number of aromatic nitrogens is 1.